The summed E-state index contributed by atoms with van der Waals surface area (Å²) in [4.78, 5) is 30.1. The Labute approximate surface area is 165 Å². The van der Waals surface area contributed by atoms with E-state index in [-0.39, 0.29) is 11.9 Å². The molecule has 1 fully saturated rings. The van der Waals surface area contributed by atoms with Gasteiger partial charge in [-0.25, -0.2) is 9.97 Å². The summed E-state index contributed by atoms with van der Waals surface area (Å²) in [6, 6.07) is 10.4. The van der Waals surface area contributed by atoms with Crippen LogP contribution in [-0.2, 0) is 11.2 Å². The number of piperazine rings is 1. The molecule has 0 saturated carbocycles. The Balaban J connectivity index is 1.38. The molecule has 144 valence electrons. The average Bonchev–Trinajstić information content (AvgIpc) is 2.72. The zero-order valence-electron chi connectivity index (χ0n) is 16.4. The van der Waals surface area contributed by atoms with Gasteiger partial charge >= 0.3 is 0 Å². The van der Waals surface area contributed by atoms with E-state index in [2.05, 4.69) is 32.8 Å². The maximum atomic E-state index is 12.8. The predicted molar refractivity (Wildman–Crippen MR) is 110 cm³/mol. The number of nitrogens with zero attached hydrogens (tertiary/aromatic N) is 5. The quantitative estimate of drug-likeness (QED) is 0.701. The Bertz CT molecular complexity index is 975. The number of carbonyl (C=O) groups is 1. The number of hydrogen-bond donors (Lipinski definition) is 0. The number of rotatable bonds is 4. The van der Waals surface area contributed by atoms with Gasteiger partial charge in [0.05, 0.1) is 0 Å². The largest absolute Gasteiger partial charge is 0.365 e. The second-order valence-electron chi connectivity index (χ2n) is 7.37. The van der Waals surface area contributed by atoms with Gasteiger partial charge in [0, 0.05) is 67.5 Å². The summed E-state index contributed by atoms with van der Waals surface area (Å²) >= 11 is 0. The molecular formula is C22H25N5O. The zero-order valence-corrected chi connectivity index (χ0v) is 16.4. The Morgan fingerprint density at radius 2 is 2.00 bits per heavy atom. The molecule has 1 aliphatic rings. The van der Waals surface area contributed by atoms with Crippen LogP contribution in [0.1, 0.15) is 24.6 Å². The predicted octanol–water partition coefficient (Wildman–Crippen LogP) is 3.00. The molecule has 1 atom stereocenters. The monoisotopic (exact) mass is 375 g/mol. The molecule has 0 aliphatic carbocycles. The number of aryl methyl sites for hydroxylation is 2. The molecule has 1 aliphatic heterocycles. The molecule has 1 amide bonds. The van der Waals surface area contributed by atoms with E-state index < -0.39 is 0 Å². The number of carbonyl (C=O) groups excluding carboxylic acids is 1. The number of amides is 1. The van der Waals surface area contributed by atoms with Gasteiger partial charge in [-0.15, -0.1) is 0 Å². The second kappa shape index (κ2) is 7.92. The molecule has 0 radical (unpaired) electrons. The van der Waals surface area contributed by atoms with Gasteiger partial charge in [-0.3, -0.25) is 9.78 Å². The number of aromatic nitrogens is 3. The summed E-state index contributed by atoms with van der Waals surface area (Å²) in [6.07, 6.45) is 6.60. The fraction of sp³-hybridized carbons (Fsp3) is 0.364. The molecule has 0 aromatic carbocycles. The van der Waals surface area contributed by atoms with E-state index in [1.165, 1.54) is 5.69 Å². The third kappa shape index (κ3) is 3.81. The lowest BCUT2D eigenvalue weighted by Crippen LogP contribution is -2.53. The summed E-state index contributed by atoms with van der Waals surface area (Å²) in [5, 5.41) is 1.02. The first-order chi connectivity index (χ1) is 13.6. The fourth-order valence-corrected chi connectivity index (χ4v) is 3.89. The second-order valence-corrected chi connectivity index (χ2v) is 7.37. The Hall–Kier alpha value is -3.02. The van der Waals surface area contributed by atoms with E-state index in [1.54, 1.807) is 6.20 Å². The summed E-state index contributed by atoms with van der Waals surface area (Å²) in [5.41, 5.74) is 4.00. The molecule has 0 N–H and O–H groups in total. The van der Waals surface area contributed by atoms with Crippen LogP contribution in [0.4, 0.5) is 5.69 Å². The van der Waals surface area contributed by atoms with Gasteiger partial charge in [-0.2, -0.15) is 0 Å². The normalized spacial score (nSPS) is 17.1. The SMILES string of the molecule is Cc1nc2ncccc2cc1CCC(=O)N1CCN(c2ccncc2)C(C)C1. The first kappa shape index (κ1) is 18.3. The molecule has 28 heavy (non-hydrogen) atoms. The summed E-state index contributed by atoms with van der Waals surface area (Å²) in [5.74, 6) is 0.215. The molecule has 4 heterocycles. The number of pyridine rings is 3. The fourth-order valence-electron chi connectivity index (χ4n) is 3.89. The third-order valence-corrected chi connectivity index (χ3v) is 5.47. The van der Waals surface area contributed by atoms with E-state index in [4.69, 9.17) is 0 Å². The van der Waals surface area contributed by atoms with Crippen molar-refractivity contribution >= 4 is 22.6 Å². The van der Waals surface area contributed by atoms with Gasteiger partial charge in [-0.05, 0) is 56.2 Å². The molecule has 1 saturated heterocycles. The molecular weight excluding hydrogens is 350 g/mol. The molecule has 0 bridgehead atoms. The Kier molecular flexibility index (Phi) is 5.19. The van der Waals surface area contributed by atoms with E-state index in [0.717, 1.165) is 41.9 Å². The van der Waals surface area contributed by atoms with Crippen molar-refractivity contribution < 1.29 is 4.79 Å². The van der Waals surface area contributed by atoms with Crippen LogP contribution in [0.3, 0.4) is 0 Å². The van der Waals surface area contributed by atoms with Crippen LogP contribution in [0.15, 0.2) is 48.9 Å². The summed E-state index contributed by atoms with van der Waals surface area (Å²) in [6.45, 7) is 6.51. The first-order valence-electron chi connectivity index (χ1n) is 9.77. The lowest BCUT2D eigenvalue weighted by Gasteiger charge is -2.41. The van der Waals surface area contributed by atoms with Crippen LogP contribution in [-0.4, -0.2) is 51.4 Å². The molecule has 3 aromatic rings. The minimum absolute atomic E-state index is 0.215. The summed E-state index contributed by atoms with van der Waals surface area (Å²) < 4.78 is 0. The van der Waals surface area contributed by atoms with Gasteiger partial charge in [-0.1, -0.05) is 0 Å². The molecule has 6 nitrogen and oxygen atoms in total. The van der Waals surface area contributed by atoms with Crippen molar-refractivity contribution in [2.45, 2.75) is 32.7 Å². The van der Waals surface area contributed by atoms with Crippen LogP contribution in [0, 0.1) is 6.92 Å². The van der Waals surface area contributed by atoms with Crippen molar-refractivity contribution in [1.82, 2.24) is 19.9 Å². The molecule has 0 spiro atoms. The van der Waals surface area contributed by atoms with Crippen molar-refractivity contribution in [3.63, 3.8) is 0 Å². The molecule has 1 unspecified atom stereocenters. The maximum absolute atomic E-state index is 12.8. The topological polar surface area (TPSA) is 62.2 Å². The maximum Gasteiger partial charge on any atom is 0.223 e. The number of hydrogen-bond acceptors (Lipinski definition) is 5. The zero-order chi connectivity index (χ0) is 19.5. The van der Waals surface area contributed by atoms with Crippen molar-refractivity contribution in [2.75, 3.05) is 24.5 Å². The van der Waals surface area contributed by atoms with Crippen molar-refractivity contribution in [2.24, 2.45) is 0 Å². The Morgan fingerprint density at radius 1 is 1.18 bits per heavy atom. The number of anilines is 1. The van der Waals surface area contributed by atoms with Gasteiger partial charge in [0.2, 0.25) is 5.91 Å². The van der Waals surface area contributed by atoms with Crippen molar-refractivity contribution in [1.29, 1.82) is 0 Å². The minimum atomic E-state index is 0.215. The summed E-state index contributed by atoms with van der Waals surface area (Å²) in [7, 11) is 0. The first-order valence-corrected chi connectivity index (χ1v) is 9.77. The highest BCUT2D eigenvalue weighted by atomic mass is 16.2. The number of fused-ring (bicyclic) bond motifs is 1. The van der Waals surface area contributed by atoms with Gasteiger partial charge in [0.15, 0.2) is 5.65 Å². The Morgan fingerprint density at radius 3 is 2.79 bits per heavy atom. The van der Waals surface area contributed by atoms with Crippen LogP contribution >= 0.6 is 0 Å². The minimum Gasteiger partial charge on any atom is -0.365 e. The smallest absolute Gasteiger partial charge is 0.223 e. The highest BCUT2D eigenvalue weighted by molar-refractivity contribution is 5.78. The van der Waals surface area contributed by atoms with Crippen LogP contribution in [0.25, 0.3) is 11.0 Å². The molecule has 4 rings (SSSR count). The lowest BCUT2D eigenvalue weighted by molar-refractivity contribution is -0.131. The van der Waals surface area contributed by atoms with Crippen LogP contribution in [0.5, 0.6) is 0 Å². The average molecular weight is 375 g/mol. The lowest BCUT2D eigenvalue weighted by atomic mass is 10.1. The highest BCUT2D eigenvalue weighted by Crippen LogP contribution is 2.21. The van der Waals surface area contributed by atoms with E-state index in [0.29, 0.717) is 12.8 Å². The van der Waals surface area contributed by atoms with Gasteiger partial charge < -0.3 is 9.80 Å². The van der Waals surface area contributed by atoms with E-state index in [1.807, 2.05) is 48.5 Å². The van der Waals surface area contributed by atoms with E-state index in [9.17, 15) is 4.79 Å². The standard InChI is InChI=1S/C22H25N5O/c1-16-15-26(12-13-27(16)20-7-10-23-11-8-20)21(28)6-5-18-14-19-4-3-9-24-22(19)25-17(18)2/h3-4,7-11,14,16H,5-6,12-13,15H2,1-2H3. The van der Waals surface area contributed by atoms with Gasteiger partial charge in [0.25, 0.3) is 0 Å². The van der Waals surface area contributed by atoms with Crippen molar-refractivity contribution in [3.8, 4) is 0 Å². The third-order valence-electron chi connectivity index (χ3n) is 5.47. The van der Waals surface area contributed by atoms with Gasteiger partial charge in [0.1, 0.15) is 0 Å². The van der Waals surface area contributed by atoms with E-state index >= 15 is 0 Å². The molecule has 6 heteroatoms. The van der Waals surface area contributed by atoms with Crippen molar-refractivity contribution in [3.05, 3.63) is 60.2 Å². The van der Waals surface area contributed by atoms with Crippen LogP contribution < -0.4 is 4.90 Å². The van der Waals surface area contributed by atoms with Crippen LogP contribution in [0.2, 0.25) is 0 Å². The molecule has 3 aromatic heterocycles. The highest BCUT2D eigenvalue weighted by Gasteiger charge is 2.26.